The Morgan fingerprint density at radius 1 is 0.969 bits per heavy atom. The molecular formula is C27H34FNO3. The zero-order chi connectivity index (χ0) is 23.3. The Hall–Kier alpha value is -2.87. The minimum atomic E-state index is -0.787. The van der Waals surface area contributed by atoms with Crippen LogP contribution in [0.1, 0.15) is 76.1 Å². The highest BCUT2D eigenvalue weighted by atomic mass is 19.1. The summed E-state index contributed by atoms with van der Waals surface area (Å²) in [5.41, 5.74) is 1.83. The molecule has 0 spiro atoms. The van der Waals surface area contributed by atoms with Gasteiger partial charge in [-0.15, -0.1) is 0 Å². The van der Waals surface area contributed by atoms with Crippen LogP contribution in [0.4, 0.5) is 4.39 Å². The van der Waals surface area contributed by atoms with E-state index in [0.29, 0.717) is 17.7 Å². The van der Waals surface area contributed by atoms with Crippen LogP contribution in [-0.2, 0) is 4.74 Å². The van der Waals surface area contributed by atoms with Gasteiger partial charge in [0.25, 0.3) is 0 Å². The van der Waals surface area contributed by atoms with Crippen LogP contribution in [-0.4, -0.2) is 18.7 Å². The van der Waals surface area contributed by atoms with Crippen molar-refractivity contribution in [2.45, 2.75) is 71.8 Å². The van der Waals surface area contributed by atoms with Gasteiger partial charge < -0.3 is 9.47 Å². The van der Waals surface area contributed by atoms with E-state index < -0.39 is 17.9 Å². The van der Waals surface area contributed by atoms with Crippen molar-refractivity contribution in [1.29, 1.82) is 5.26 Å². The molecule has 0 aliphatic heterocycles. The molecule has 0 bridgehead atoms. The van der Waals surface area contributed by atoms with Crippen molar-refractivity contribution in [3.8, 4) is 22.9 Å². The van der Waals surface area contributed by atoms with Crippen LogP contribution in [0.2, 0.25) is 0 Å². The van der Waals surface area contributed by atoms with E-state index in [2.05, 4.69) is 6.92 Å². The molecule has 32 heavy (non-hydrogen) atoms. The van der Waals surface area contributed by atoms with Crippen molar-refractivity contribution < 1.29 is 18.7 Å². The van der Waals surface area contributed by atoms with Gasteiger partial charge in [-0.1, -0.05) is 77.5 Å². The summed E-state index contributed by atoms with van der Waals surface area (Å²) in [5.74, 6) is -0.770. The van der Waals surface area contributed by atoms with Gasteiger partial charge in [-0.05, 0) is 41.8 Å². The summed E-state index contributed by atoms with van der Waals surface area (Å²) in [4.78, 5) is 12.2. The number of rotatable bonds is 13. The molecular weight excluding hydrogens is 405 g/mol. The molecule has 1 atom stereocenters. The number of benzene rings is 2. The monoisotopic (exact) mass is 439 g/mol. The Morgan fingerprint density at radius 2 is 1.59 bits per heavy atom. The second-order valence-electron chi connectivity index (χ2n) is 8.39. The highest BCUT2D eigenvalue weighted by molar-refractivity contribution is 5.90. The molecule has 4 nitrogen and oxygen atoms in total. The molecule has 0 saturated carbocycles. The molecule has 0 aromatic heterocycles. The van der Waals surface area contributed by atoms with Gasteiger partial charge in [-0.25, -0.2) is 9.18 Å². The normalized spacial score (nSPS) is 11.8. The summed E-state index contributed by atoms with van der Waals surface area (Å²) in [6, 6.07) is 13.6. The van der Waals surface area contributed by atoms with Crippen molar-refractivity contribution in [2.75, 3.05) is 6.61 Å². The average Bonchev–Trinajstić information content (AvgIpc) is 2.79. The summed E-state index contributed by atoms with van der Waals surface area (Å²) in [6.45, 7) is 6.36. The molecule has 0 N–H and O–H groups in total. The largest absolute Gasteiger partial charge is 0.491 e. The third-order valence-electron chi connectivity index (χ3n) is 5.36. The Balaban J connectivity index is 1.88. The third kappa shape index (κ3) is 8.00. The van der Waals surface area contributed by atoms with Crippen molar-refractivity contribution in [1.82, 2.24) is 0 Å². The molecule has 0 aliphatic carbocycles. The predicted octanol–water partition coefficient (Wildman–Crippen LogP) is 7.33. The topological polar surface area (TPSA) is 59.3 Å². The van der Waals surface area contributed by atoms with Gasteiger partial charge in [0.2, 0.25) is 0 Å². The summed E-state index contributed by atoms with van der Waals surface area (Å²) in [7, 11) is 0. The molecule has 0 aliphatic rings. The molecule has 2 rings (SSSR count). The molecule has 0 heterocycles. The lowest BCUT2D eigenvalue weighted by molar-refractivity contribution is 0.0325. The second-order valence-corrected chi connectivity index (χ2v) is 8.39. The van der Waals surface area contributed by atoms with Crippen LogP contribution in [0, 0.1) is 23.1 Å². The quantitative estimate of drug-likeness (QED) is 0.242. The highest BCUT2D eigenvalue weighted by Gasteiger charge is 2.18. The maximum absolute atomic E-state index is 14.5. The minimum Gasteiger partial charge on any atom is -0.491 e. The lowest BCUT2D eigenvalue weighted by atomic mass is 10.0. The maximum atomic E-state index is 14.5. The van der Waals surface area contributed by atoms with E-state index in [-0.39, 0.29) is 11.7 Å². The fraction of sp³-hybridized carbons (Fsp3) is 0.481. The first-order chi connectivity index (χ1) is 15.5. The molecule has 0 saturated heterocycles. The van der Waals surface area contributed by atoms with E-state index in [1.807, 2.05) is 19.9 Å². The summed E-state index contributed by atoms with van der Waals surface area (Å²) >= 11 is 0. The van der Waals surface area contributed by atoms with E-state index in [1.54, 1.807) is 36.4 Å². The molecule has 2 aromatic rings. The Bertz CT molecular complexity index is 887. The first kappa shape index (κ1) is 25.4. The van der Waals surface area contributed by atoms with Gasteiger partial charge >= 0.3 is 5.97 Å². The number of hydrogen-bond acceptors (Lipinski definition) is 4. The number of ether oxygens (including phenoxy) is 2. The molecule has 0 fully saturated rings. The number of nitrogens with zero attached hydrogens (tertiary/aromatic N) is 1. The van der Waals surface area contributed by atoms with Crippen LogP contribution in [0.15, 0.2) is 42.5 Å². The first-order valence-electron chi connectivity index (χ1n) is 11.6. The van der Waals surface area contributed by atoms with Gasteiger partial charge in [0.15, 0.2) is 17.7 Å². The number of halogens is 1. The van der Waals surface area contributed by atoms with Crippen LogP contribution < -0.4 is 4.74 Å². The third-order valence-corrected chi connectivity index (χ3v) is 5.36. The van der Waals surface area contributed by atoms with Gasteiger partial charge in [0.05, 0.1) is 12.2 Å². The summed E-state index contributed by atoms with van der Waals surface area (Å²) in [5, 5.41) is 9.08. The molecule has 172 valence electrons. The summed E-state index contributed by atoms with van der Waals surface area (Å²) < 4.78 is 25.3. The fourth-order valence-electron chi connectivity index (χ4n) is 3.33. The molecule has 0 amide bonds. The Morgan fingerprint density at radius 3 is 2.19 bits per heavy atom. The molecule has 2 aromatic carbocycles. The number of unbranched alkanes of at least 4 members (excludes halogenated alkanes) is 6. The van der Waals surface area contributed by atoms with E-state index in [9.17, 15) is 9.18 Å². The Labute approximate surface area is 191 Å². The van der Waals surface area contributed by atoms with E-state index in [1.165, 1.54) is 38.2 Å². The lowest BCUT2D eigenvalue weighted by Gasteiger charge is -2.14. The number of carbonyl (C=O) groups excluding carboxylic acids is 1. The fourth-order valence-corrected chi connectivity index (χ4v) is 3.33. The molecule has 5 heteroatoms. The van der Waals surface area contributed by atoms with E-state index >= 15 is 0 Å². The van der Waals surface area contributed by atoms with Crippen LogP contribution in [0.5, 0.6) is 5.75 Å². The van der Waals surface area contributed by atoms with Crippen LogP contribution >= 0.6 is 0 Å². The standard InChI is InChI=1S/C27H34FNO3/c1-4-5-6-7-8-9-10-17-31-25-16-15-23(18-24(25)28)21-11-13-22(14-12-21)27(30)32-26(19-29)20(2)3/h11-16,18,20,26H,4-10,17H2,1-3H3. The Kier molecular flexibility index (Phi) is 10.7. The SMILES string of the molecule is CCCCCCCCCOc1ccc(-c2ccc(C(=O)OC(C#N)C(C)C)cc2)cc1F. The zero-order valence-electron chi connectivity index (χ0n) is 19.4. The van der Waals surface area contributed by atoms with Crippen LogP contribution in [0.3, 0.4) is 0 Å². The van der Waals surface area contributed by atoms with Gasteiger partial charge in [0.1, 0.15) is 6.07 Å². The van der Waals surface area contributed by atoms with Gasteiger partial charge in [-0.2, -0.15) is 5.26 Å². The smallest absolute Gasteiger partial charge is 0.339 e. The van der Waals surface area contributed by atoms with Crippen molar-refractivity contribution in [2.24, 2.45) is 5.92 Å². The molecule has 1 unspecified atom stereocenters. The number of carbonyl (C=O) groups is 1. The van der Waals surface area contributed by atoms with E-state index in [0.717, 1.165) is 18.4 Å². The van der Waals surface area contributed by atoms with Gasteiger partial charge in [0, 0.05) is 5.92 Å². The number of hydrogen-bond donors (Lipinski definition) is 0. The summed E-state index contributed by atoms with van der Waals surface area (Å²) in [6.07, 6.45) is 7.51. The zero-order valence-corrected chi connectivity index (χ0v) is 19.4. The van der Waals surface area contributed by atoms with E-state index in [4.69, 9.17) is 14.7 Å². The van der Waals surface area contributed by atoms with Crippen molar-refractivity contribution in [3.63, 3.8) is 0 Å². The molecule has 0 radical (unpaired) electrons. The minimum absolute atomic E-state index is 0.0854. The number of esters is 1. The van der Waals surface area contributed by atoms with Crippen molar-refractivity contribution >= 4 is 5.97 Å². The second kappa shape index (κ2) is 13.5. The highest BCUT2D eigenvalue weighted by Crippen LogP contribution is 2.26. The van der Waals surface area contributed by atoms with Gasteiger partial charge in [-0.3, -0.25) is 0 Å². The first-order valence-corrected chi connectivity index (χ1v) is 11.6. The lowest BCUT2D eigenvalue weighted by Crippen LogP contribution is -2.21. The van der Waals surface area contributed by atoms with Crippen LogP contribution in [0.25, 0.3) is 11.1 Å². The predicted molar refractivity (Wildman–Crippen MR) is 125 cm³/mol. The van der Waals surface area contributed by atoms with Crippen molar-refractivity contribution in [3.05, 3.63) is 53.8 Å². The average molecular weight is 440 g/mol. The maximum Gasteiger partial charge on any atom is 0.339 e. The number of nitriles is 1.